The zero-order chi connectivity index (χ0) is 9.68. The maximum Gasteiger partial charge on any atom is 0.237 e. The first-order valence-corrected chi connectivity index (χ1v) is 4.87. The Morgan fingerprint density at radius 3 is 3.08 bits per heavy atom. The van der Waals surface area contributed by atoms with Crippen molar-refractivity contribution in [2.75, 3.05) is 19.7 Å². The van der Waals surface area contributed by atoms with Gasteiger partial charge in [0.2, 0.25) is 5.91 Å². The highest BCUT2D eigenvalue weighted by Gasteiger charge is 2.26. The molecule has 1 amide bonds. The lowest BCUT2D eigenvalue weighted by atomic mass is 9.92. The number of hydrogen-bond donors (Lipinski definition) is 3. The predicted molar refractivity (Wildman–Crippen MR) is 50.3 cm³/mol. The highest BCUT2D eigenvalue weighted by atomic mass is 16.3. The number of nitrogens with one attached hydrogen (secondary N) is 2. The molecule has 0 aromatic carbocycles. The van der Waals surface area contributed by atoms with Crippen LogP contribution in [0.25, 0.3) is 0 Å². The van der Waals surface area contributed by atoms with Crippen molar-refractivity contribution in [1.82, 2.24) is 10.6 Å². The molecule has 0 aliphatic carbocycles. The molecule has 76 valence electrons. The summed E-state index contributed by atoms with van der Waals surface area (Å²) in [7, 11) is 0. The van der Waals surface area contributed by atoms with E-state index in [1.807, 2.05) is 0 Å². The normalized spacial score (nSPS) is 28.5. The lowest BCUT2D eigenvalue weighted by molar-refractivity contribution is -0.125. The van der Waals surface area contributed by atoms with Gasteiger partial charge in [-0.25, -0.2) is 0 Å². The molecule has 0 radical (unpaired) electrons. The lowest BCUT2D eigenvalue weighted by Crippen LogP contribution is -2.51. The molecule has 1 fully saturated rings. The van der Waals surface area contributed by atoms with Gasteiger partial charge in [-0.1, -0.05) is 6.92 Å². The van der Waals surface area contributed by atoms with E-state index in [0.29, 0.717) is 12.5 Å². The van der Waals surface area contributed by atoms with Crippen LogP contribution in [0.1, 0.15) is 19.8 Å². The Hall–Kier alpha value is -0.610. The van der Waals surface area contributed by atoms with Crippen LogP contribution in [0.4, 0.5) is 0 Å². The topological polar surface area (TPSA) is 61.4 Å². The Bertz CT molecular complexity index is 173. The smallest absolute Gasteiger partial charge is 0.237 e. The molecule has 0 aromatic heterocycles. The van der Waals surface area contributed by atoms with Crippen molar-refractivity contribution in [3.63, 3.8) is 0 Å². The molecule has 1 rings (SSSR count). The van der Waals surface area contributed by atoms with Gasteiger partial charge < -0.3 is 15.7 Å². The minimum Gasteiger partial charge on any atom is -0.395 e. The van der Waals surface area contributed by atoms with Crippen LogP contribution in [0.5, 0.6) is 0 Å². The molecule has 0 saturated carbocycles. The largest absolute Gasteiger partial charge is 0.395 e. The Balaban J connectivity index is 2.35. The minimum absolute atomic E-state index is 0.00679. The summed E-state index contributed by atoms with van der Waals surface area (Å²) in [6, 6.07) is -0.0692. The summed E-state index contributed by atoms with van der Waals surface area (Å²) < 4.78 is 0. The number of piperidine rings is 1. The van der Waals surface area contributed by atoms with Gasteiger partial charge in [-0.15, -0.1) is 0 Å². The van der Waals surface area contributed by atoms with Gasteiger partial charge >= 0.3 is 0 Å². The minimum atomic E-state index is -0.0692. The molecule has 2 atom stereocenters. The summed E-state index contributed by atoms with van der Waals surface area (Å²) in [5, 5.41) is 14.4. The fourth-order valence-corrected chi connectivity index (χ4v) is 1.69. The van der Waals surface area contributed by atoms with Crippen LogP contribution in [-0.4, -0.2) is 36.8 Å². The van der Waals surface area contributed by atoms with Crippen LogP contribution in [0.2, 0.25) is 0 Å². The molecular weight excluding hydrogens is 168 g/mol. The van der Waals surface area contributed by atoms with Crippen molar-refractivity contribution < 1.29 is 9.90 Å². The van der Waals surface area contributed by atoms with E-state index in [-0.39, 0.29) is 18.6 Å². The molecule has 1 heterocycles. The molecule has 13 heavy (non-hydrogen) atoms. The Morgan fingerprint density at radius 2 is 2.46 bits per heavy atom. The summed E-state index contributed by atoms with van der Waals surface area (Å²) in [6.45, 7) is 3.35. The third-order valence-electron chi connectivity index (χ3n) is 2.46. The van der Waals surface area contributed by atoms with Gasteiger partial charge in [0.25, 0.3) is 0 Å². The van der Waals surface area contributed by atoms with Crippen LogP contribution in [0.3, 0.4) is 0 Å². The van der Waals surface area contributed by atoms with Crippen molar-refractivity contribution in [2.45, 2.75) is 25.8 Å². The summed E-state index contributed by atoms with van der Waals surface area (Å²) >= 11 is 0. The van der Waals surface area contributed by atoms with Gasteiger partial charge in [-0.05, 0) is 25.3 Å². The summed E-state index contributed by atoms with van der Waals surface area (Å²) in [5.74, 6) is 0.411. The van der Waals surface area contributed by atoms with E-state index in [0.717, 1.165) is 19.4 Å². The van der Waals surface area contributed by atoms with Gasteiger partial charge in [0.05, 0.1) is 12.6 Å². The first kappa shape index (κ1) is 10.5. The molecular formula is C9H18N2O2. The number of carbonyl (C=O) groups is 1. The number of amides is 1. The van der Waals surface area contributed by atoms with Crippen molar-refractivity contribution in [3.8, 4) is 0 Å². The van der Waals surface area contributed by atoms with Crippen molar-refractivity contribution in [3.05, 3.63) is 0 Å². The maximum atomic E-state index is 11.5. The number of rotatable bonds is 3. The van der Waals surface area contributed by atoms with Crippen LogP contribution >= 0.6 is 0 Å². The quantitative estimate of drug-likeness (QED) is 0.556. The van der Waals surface area contributed by atoms with Gasteiger partial charge in [-0.2, -0.15) is 0 Å². The van der Waals surface area contributed by atoms with E-state index in [4.69, 9.17) is 5.11 Å². The maximum absolute atomic E-state index is 11.5. The SMILES string of the molecule is CC1CCCNC1C(=O)NCCO. The van der Waals surface area contributed by atoms with Crippen molar-refractivity contribution in [1.29, 1.82) is 0 Å². The third-order valence-corrected chi connectivity index (χ3v) is 2.46. The van der Waals surface area contributed by atoms with E-state index in [2.05, 4.69) is 17.6 Å². The standard InChI is InChI=1S/C9H18N2O2/c1-7-3-2-4-10-8(7)9(13)11-5-6-12/h7-8,10,12H,2-6H2,1H3,(H,11,13). The molecule has 1 aliphatic rings. The molecule has 1 saturated heterocycles. The van der Waals surface area contributed by atoms with Crippen LogP contribution in [-0.2, 0) is 4.79 Å². The van der Waals surface area contributed by atoms with Crippen molar-refractivity contribution in [2.24, 2.45) is 5.92 Å². The Labute approximate surface area is 78.7 Å². The molecule has 0 aromatic rings. The van der Waals surface area contributed by atoms with E-state index in [1.165, 1.54) is 0 Å². The third kappa shape index (κ3) is 2.97. The average Bonchev–Trinajstić information content (AvgIpc) is 2.15. The summed E-state index contributed by atoms with van der Waals surface area (Å²) in [6.07, 6.45) is 2.25. The summed E-state index contributed by atoms with van der Waals surface area (Å²) in [4.78, 5) is 11.5. The first-order valence-electron chi connectivity index (χ1n) is 4.87. The predicted octanol–water partition coefficient (Wildman–Crippen LogP) is -0.517. The van der Waals surface area contributed by atoms with Crippen LogP contribution in [0, 0.1) is 5.92 Å². The molecule has 2 unspecified atom stereocenters. The zero-order valence-electron chi connectivity index (χ0n) is 8.05. The second-order valence-corrected chi connectivity index (χ2v) is 3.57. The lowest BCUT2D eigenvalue weighted by Gasteiger charge is -2.28. The molecule has 0 bridgehead atoms. The summed E-state index contributed by atoms with van der Waals surface area (Å²) in [5.41, 5.74) is 0. The monoisotopic (exact) mass is 186 g/mol. The van der Waals surface area contributed by atoms with Crippen LogP contribution < -0.4 is 10.6 Å². The van der Waals surface area contributed by atoms with Gasteiger partial charge in [-0.3, -0.25) is 4.79 Å². The molecule has 4 heteroatoms. The average molecular weight is 186 g/mol. The molecule has 0 spiro atoms. The number of aliphatic hydroxyl groups is 1. The zero-order valence-corrected chi connectivity index (χ0v) is 8.05. The van der Waals surface area contributed by atoms with Gasteiger partial charge in [0, 0.05) is 6.54 Å². The number of aliphatic hydroxyl groups excluding tert-OH is 1. The molecule has 4 nitrogen and oxygen atoms in total. The number of hydrogen-bond acceptors (Lipinski definition) is 3. The highest BCUT2D eigenvalue weighted by Crippen LogP contribution is 2.15. The fourth-order valence-electron chi connectivity index (χ4n) is 1.69. The van der Waals surface area contributed by atoms with Gasteiger partial charge in [0.15, 0.2) is 0 Å². The molecule has 1 aliphatic heterocycles. The number of carbonyl (C=O) groups excluding carboxylic acids is 1. The fraction of sp³-hybridized carbons (Fsp3) is 0.889. The van der Waals surface area contributed by atoms with E-state index in [9.17, 15) is 4.79 Å². The van der Waals surface area contributed by atoms with E-state index >= 15 is 0 Å². The van der Waals surface area contributed by atoms with Crippen molar-refractivity contribution >= 4 is 5.91 Å². The first-order chi connectivity index (χ1) is 6.25. The second-order valence-electron chi connectivity index (χ2n) is 3.57. The molecule has 3 N–H and O–H groups in total. The Kier molecular flexibility index (Phi) is 4.18. The van der Waals surface area contributed by atoms with E-state index in [1.54, 1.807) is 0 Å². The Morgan fingerprint density at radius 1 is 1.69 bits per heavy atom. The highest BCUT2D eigenvalue weighted by molar-refractivity contribution is 5.82. The van der Waals surface area contributed by atoms with E-state index < -0.39 is 0 Å². The second kappa shape index (κ2) is 5.19. The van der Waals surface area contributed by atoms with Crippen LogP contribution in [0.15, 0.2) is 0 Å². The van der Waals surface area contributed by atoms with Gasteiger partial charge in [0.1, 0.15) is 0 Å².